The number of nitrogens with zero attached hydrogens (tertiary/aromatic N) is 1. The fourth-order valence-electron chi connectivity index (χ4n) is 1.22. The van der Waals surface area contributed by atoms with E-state index in [0.717, 1.165) is 4.47 Å². The lowest BCUT2D eigenvalue weighted by atomic mass is 10.1. The molecule has 1 heterocycles. The molecule has 14 heavy (non-hydrogen) atoms. The van der Waals surface area contributed by atoms with Gasteiger partial charge in [-0.15, -0.1) is 0 Å². The highest BCUT2D eigenvalue weighted by Crippen LogP contribution is 2.24. The normalized spacial score (nSPS) is 10.6. The van der Waals surface area contributed by atoms with Gasteiger partial charge in [-0.25, -0.2) is 4.98 Å². The molecule has 5 heteroatoms. The molecule has 0 saturated heterocycles. The van der Waals surface area contributed by atoms with Gasteiger partial charge < -0.3 is 9.52 Å². The number of carboxylic acids is 1. The summed E-state index contributed by atoms with van der Waals surface area (Å²) in [6, 6.07) is 3.43. The van der Waals surface area contributed by atoms with Gasteiger partial charge in [-0.1, -0.05) is 15.9 Å². The first-order valence-electron chi connectivity index (χ1n) is 3.90. The predicted octanol–water partition coefficient (Wildman–Crippen LogP) is 2.22. The SMILES string of the molecule is O=C(O)Cc1cc2ncoc2cc1Br. The summed E-state index contributed by atoms with van der Waals surface area (Å²) in [6.07, 6.45) is 1.31. The summed E-state index contributed by atoms with van der Waals surface area (Å²) in [5.41, 5.74) is 2.01. The molecule has 4 nitrogen and oxygen atoms in total. The highest BCUT2D eigenvalue weighted by molar-refractivity contribution is 9.10. The number of oxazole rings is 1. The Hall–Kier alpha value is -1.36. The third-order valence-corrected chi connectivity index (χ3v) is 2.58. The van der Waals surface area contributed by atoms with Gasteiger partial charge in [0.05, 0.1) is 6.42 Å². The van der Waals surface area contributed by atoms with E-state index in [2.05, 4.69) is 20.9 Å². The van der Waals surface area contributed by atoms with Crippen LogP contribution < -0.4 is 0 Å². The number of carboxylic acid groups (broad SMARTS) is 1. The van der Waals surface area contributed by atoms with Crippen molar-refractivity contribution < 1.29 is 14.3 Å². The van der Waals surface area contributed by atoms with Gasteiger partial charge in [-0.05, 0) is 17.7 Å². The fraction of sp³-hybridized carbons (Fsp3) is 0.111. The lowest BCUT2D eigenvalue weighted by Gasteiger charge is -1.99. The second-order valence-electron chi connectivity index (χ2n) is 2.83. The van der Waals surface area contributed by atoms with Gasteiger partial charge in [0.1, 0.15) is 5.52 Å². The number of aromatic nitrogens is 1. The van der Waals surface area contributed by atoms with Gasteiger partial charge in [-0.2, -0.15) is 0 Å². The van der Waals surface area contributed by atoms with Crippen LogP contribution in [0.3, 0.4) is 0 Å². The van der Waals surface area contributed by atoms with Crippen LogP contribution >= 0.6 is 15.9 Å². The number of hydrogen-bond acceptors (Lipinski definition) is 3. The van der Waals surface area contributed by atoms with E-state index in [-0.39, 0.29) is 6.42 Å². The van der Waals surface area contributed by atoms with Crippen LogP contribution in [0, 0.1) is 0 Å². The summed E-state index contributed by atoms with van der Waals surface area (Å²) in [6.45, 7) is 0. The van der Waals surface area contributed by atoms with Crippen molar-refractivity contribution in [3.63, 3.8) is 0 Å². The molecule has 0 bridgehead atoms. The van der Waals surface area contributed by atoms with Crippen molar-refractivity contribution >= 4 is 33.0 Å². The van der Waals surface area contributed by atoms with Crippen LogP contribution in [0.5, 0.6) is 0 Å². The zero-order chi connectivity index (χ0) is 10.1. The van der Waals surface area contributed by atoms with E-state index in [9.17, 15) is 4.79 Å². The standard InChI is InChI=1S/C9H6BrNO3/c10-6-3-8-7(11-4-14-8)1-5(6)2-9(12)13/h1,3-4H,2H2,(H,12,13). The van der Waals surface area contributed by atoms with Crippen LogP contribution in [0.2, 0.25) is 0 Å². The van der Waals surface area contributed by atoms with Crippen molar-refractivity contribution in [3.05, 3.63) is 28.6 Å². The molecule has 72 valence electrons. The lowest BCUT2D eigenvalue weighted by molar-refractivity contribution is -0.136. The highest BCUT2D eigenvalue weighted by Gasteiger charge is 2.08. The predicted molar refractivity (Wildman–Crippen MR) is 53.0 cm³/mol. The minimum Gasteiger partial charge on any atom is -0.481 e. The number of halogens is 1. The van der Waals surface area contributed by atoms with Crippen LogP contribution in [0.15, 0.2) is 27.4 Å². The summed E-state index contributed by atoms with van der Waals surface area (Å²) in [5.74, 6) is -0.867. The molecule has 0 fully saturated rings. The topological polar surface area (TPSA) is 63.3 Å². The molecule has 1 N–H and O–H groups in total. The molecule has 2 aromatic rings. The van der Waals surface area contributed by atoms with E-state index in [0.29, 0.717) is 16.7 Å². The molecule has 1 aromatic heterocycles. The van der Waals surface area contributed by atoms with Gasteiger partial charge in [0, 0.05) is 4.47 Å². The number of aliphatic carboxylic acids is 1. The minimum absolute atomic E-state index is 0.0244. The Morgan fingerprint density at radius 2 is 2.36 bits per heavy atom. The van der Waals surface area contributed by atoms with Gasteiger partial charge in [0.25, 0.3) is 0 Å². The average Bonchev–Trinajstić information content (AvgIpc) is 2.51. The molecule has 2 rings (SSSR count). The maximum atomic E-state index is 10.5. The summed E-state index contributed by atoms with van der Waals surface area (Å²) in [5, 5.41) is 8.65. The molecule has 0 aliphatic carbocycles. The van der Waals surface area contributed by atoms with Crippen LogP contribution in [-0.2, 0) is 11.2 Å². The molecule has 0 aliphatic rings. The third kappa shape index (κ3) is 1.63. The molecule has 0 saturated carbocycles. The van der Waals surface area contributed by atoms with Gasteiger partial charge in [0.15, 0.2) is 12.0 Å². The Morgan fingerprint density at radius 1 is 1.57 bits per heavy atom. The fourth-order valence-corrected chi connectivity index (χ4v) is 1.68. The van der Waals surface area contributed by atoms with Gasteiger partial charge in [-0.3, -0.25) is 4.79 Å². The Bertz CT molecular complexity index is 492. The molecular formula is C9H6BrNO3. The Morgan fingerprint density at radius 3 is 3.07 bits per heavy atom. The summed E-state index contributed by atoms with van der Waals surface area (Å²) < 4.78 is 5.80. The number of hydrogen-bond donors (Lipinski definition) is 1. The summed E-state index contributed by atoms with van der Waals surface area (Å²) >= 11 is 3.28. The van der Waals surface area contributed by atoms with E-state index >= 15 is 0 Å². The summed E-state index contributed by atoms with van der Waals surface area (Å²) in [7, 11) is 0. The maximum absolute atomic E-state index is 10.5. The van der Waals surface area contributed by atoms with Crippen molar-refractivity contribution in [3.8, 4) is 0 Å². The summed E-state index contributed by atoms with van der Waals surface area (Å²) in [4.78, 5) is 14.5. The van der Waals surface area contributed by atoms with Crippen LogP contribution in [0.1, 0.15) is 5.56 Å². The lowest BCUT2D eigenvalue weighted by Crippen LogP contribution is -2.00. The molecule has 0 unspecified atom stereocenters. The molecule has 1 aromatic carbocycles. The number of fused-ring (bicyclic) bond motifs is 1. The first-order chi connectivity index (χ1) is 6.66. The number of carbonyl (C=O) groups is 1. The minimum atomic E-state index is -0.867. The largest absolute Gasteiger partial charge is 0.481 e. The zero-order valence-corrected chi connectivity index (χ0v) is 8.61. The molecular weight excluding hydrogens is 250 g/mol. The average molecular weight is 256 g/mol. The van der Waals surface area contributed by atoms with Gasteiger partial charge in [0.2, 0.25) is 0 Å². The Labute approximate surface area is 87.7 Å². The van der Waals surface area contributed by atoms with Crippen molar-refractivity contribution in [2.24, 2.45) is 0 Å². The number of rotatable bonds is 2. The molecule has 0 spiro atoms. The zero-order valence-electron chi connectivity index (χ0n) is 7.03. The second-order valence-corrected chi connectivity index (χ2v) is 3.69. The third-order valence-electron chi connectivity index (χ3n) is 1.84. The maximum Gasteiger partial charge on any atom is 0.307 e. The van der Waals surface area contributed by atoms with Crippen molar-refractivity contribution in [2.45, 2.75) is 6.42 Å². The molecule has 0 aliphatic heterocycles. The quantitative estimate of drug-likeness (QED) is 0.894. The van der Waals surface area contributed by atoms with Crippen molar-refractivity contribution in [2.75, 3.05) is 0 Å². The smallest absolute Gasteiger partial charge is 0.307 e. The van der Waals surface area contributed by atoms with E-state index in [1.54, 1.807) is 12.1 Å². The van der Waals surface area contributed by atoms with E-state index in [4.69, 9.17) is 9.52 Å². The molecule has 0 atom stereocenters. The van der Waals surface area contributed by atoms with Crippen LogP contribution in [-0.4, -0.2) is 16.1 Å². The highest BCUT2D eigenvalue weighted by atomic mass is 79.9. The van der Waals surface area contributed by atoms with E-state index in [1.165, 1.54) is 6.39 Å². The first-order valence-corrected chi connectivity index (χ1v) is 4.69. The van der Waals surface area contributed by atoms with Crippen LogP contribution in [0.25, 0.3) is 11.1 Å². The molecule has 0 radical (unpaired) electrons. The number of benzene rings is 1. The monoisotopic (exact) mass is 255 g/mol. The van der Waals surface area contributed by atoms with Crippen molar-refractivity contribution in [1.29, 1.82) is 0 Å². The second kappa shape index (κ2) is 3.42. The Kier molecular flexibility index (Phi) is 2.25. The van der Waals surface area contributed by atoms with E-state index in [1.807, 2.05) is 0 Å². The van der Waals surface area contributed by atoms with E-state index < -0.39 is 5.97 Å². The Balaban J connectivity index is 2.53. The van der Waals surface area contributed by atoms with Crippen molar-refractivity contribution in [1.82, 2.24) is 4.98 Å². The molecule has 0 amide bonds. The first kappa shape index (κ1) is 9.21. The van der Waals surface area contributed by atoms with Crippen LogP contribution in [0.4, 0.5) is 0 Å². The van der Waals surface area contributed by atoms with Gasteiger partial charge >= 0.3 is 5.97 Å².